The van der Waals surface area contributed by atoms with E-state index in [0.717, 1.165) is 61.0 Å². The largest absolute Gasteiger partial charge is 0.455 e. The first-order valence-corrected chi connectivity index (χ1v) is 18.5. The van der Waals surface area contributed by atoms with Crippen molar-refractivity contribution < 1.29 is 9.47 Å². The topological polar surface area (TPSA) is 21.7 Å². The summed E-state index contributed by atoms with van der Waals surface area (Å²) in [6, 6.07) is 53.9. The number of anilines is 3. The van der Waals surface area contributed by atoms with Crippen LogP contribution in [0.4, 0.5) is 17.1 Å². The monoisotopic (exact) mass is 681 g/mol. The van der Waals surface area contributed by atoms with Gasteiger partial charge < -0.3 is 14.4 Å². The lowest BCUT2D eigenvalue weighted by Gasteiger charge is -2.37. The van der Waals surface area contributed by atoms with Crippen molar-refractivity contribution in [3.8, 4) is 34.1 Å². The van der Waals surface area contributed by atoms with Crippen molar-refractivity contribution in [3.63, 3.8) is 0 Å². The van der Waals surface area contributed by atoms with Crippen LogP contribution in [0.15, 0.2) is 161 Å². The van der Waals surface area contributed by atoms with Gasteiger partial charge in [-0.25, -0.2) is 0 Å². The molecule has 8 aromatic rings. The van der Waals surface area contributed by atoms with Gasteiger partial charge in [-0.05, 0) is 65.7 Å². The average molecular weight is 682 g/mol. The number of ether oxygens (including phenoxy) is 2. The molecule has 0 saturated carbocycles. The smallest absolute Gasteiger partial charge is 0.155 e. The Morgan fingerprint density at radius 1 is 0.540 bits per heavy atom. The molecule has 10 rings (SSSR count). The summed E-state index contributed by atoms with van der Waals surface area (Å²) in [6.07, 6.45) is 0. The molecule has 2 aliphatic rings. The van der Waals surface area contributed by atoms with Gasteiger partial charge in [-0.3, -0.25) is 0 Å². The first-order valence-electron chi connectivity index (χ1n) is 16.8. The number of benzene rings is 7. The third kappa shape index (κ3) is 4.51. The molecule has 1 aromatic heterocycles. The summed E-state index contributed by atoms with van der Waals surface area (Å²) in [5.41, 5.74) is 7.64. The normalized spacial score (nSPS) is 13.8. The highest BCUT2D eigenvalue weighted by Gasteiger charge is 2.36. The molecule has 7 aromatic carbocycles. The molecule has 0 fully saturated rings. The molecule has 0 aliphatic carbocycles. The molecule has 5 heteroatoms. The van der Waals surface area contributed by atoms with Crippen LogP contribution in [0.1, 0.15) is 25.0 Å². The van der Waals surface area contributed by atoms with Crippen molar-refractivity contribution in [2.24, 2.45) is 0 Å². The lowest BCUT2D eigenvalue weighted by molar-refractivity contribution is 0.419. The van der Waals surface area contributed by atoms with Gasteiger partial charge in [0.25, 0.3) is 0 Å². The second-order valence-corrected chi connectivity index (χ2v) is 15.4. The third-order valence-corrected chi connectivity index (χ3v) is 12.4. The van der Waals surface area contributed by atoms with Crippen LogP contribution in [0.25, 0.3) is 31.3 Å². The molecule has 0 N–H and O–H groups in total. The minimum Gasteiger partial charge on any atom is -0.455 e. The fourth-order valence-corrected chi connectivity index (χ4v) is 9.80. The maximum absolute atomic E-state index is 6.87. The molecule has 0 amide bonds. The standard InChI is InChI=1S/C45H31NO2S2/c1-45(2)33-15-4-5-19-37(33)48-42-34(45)16-11-17-35(42)46(36-18-9-14-32-31-12-3-7-22-40(31)49-43(32)36)29-26-24-28(25-27-29)30-13-10-21-39-44(30)50-41-23-8-6-20-38(41)47-39/h3-27H,1-2H3. The zero-order valence-electron chi connectivity index (χ0n) is 27.5. The minimum absolute atomic E-state index is 0.232. The third-order valence-electron chi connectivity index (χ3n) is 10.0. The summed E-state index contributed by atoms with van der Waals surface area (Å²) < 4.78 is 15.7. The van der Waals surface area contributed by atoms with E-state index in [9.17, 15) is 0 Å². The molecule has 50 heavy (non-hydrogen) atoms. The predicted molar refractivity (Wildman–Crippen MR) is 209 cm³/mol. The lowest BCUT2D eigenvalue weighted by atomic mass is 9.75. The number of hydrogen-bond donors (Lipinski definition) is 0. The van der Waals surface area contributed by atoms with E-state index in [1.54, 1.807) is 11.8 Å². The quantitative estimate of drug-likeness (QED) is 0.184. The molecule has 0 radical (unpaired) electrons. The summed E-state index contributed by atoms with van der Waals surface area (Å²) >= 11 is 3.61. The predicted octanol–water partition coefficient (Wildman–Crippen LogP) is 13.9. The Morgan fingerprint density at radius 2 is 1.22 bits per heavy atom. The van der Waals surface area contributed by atoms with Gasteiger partial charge in [-0.15, -0.1) is 11.3 Å². The number of para-hydroxylation sites is 3. The first-order chi connectivity index (χ1) is 24.5. The number of rotatable bonds is 4. The fraction of sp³-hybridized carbons (Fsp3) is 0.0667. The van der Waals surface area contributed by atoms with Crippen molar-refractivity contribution in [2.45, 2.75) is 29.1 Å². The van der Waals surface area contributed by atoms with Crippen LogP contribution < -0.4 is 14.4 Å². The van der Waals surface area contributed by atoms with E-state index >= 15 is 0 Å². The van der Waals surface area contributed by atoms with Crippen LogP contribution in [0, 0.1) is 0 Å². The molecule has 0 unspecified atom stereocenters. The molecule has 0 bridgehead atoms. The van der Waals surface area contributed by atoms with Crippen LogP contribution >= 0.6 is 23.1 Å². The maximum Gasteiger partial charge on any atom is 0.155 e. The number of fused-ring (bicyclic) bond motifs is 7. The van der Waals surface area contributed by atoms with E-state index < -0.39 is 0 Å². The van der Waals surface area contributed by atoms with Gasteiger partial charge in [-0.1, -0.05) is 123 Å². The Bertz CT molecular complexity index is 2620. The van der Waals surface area contributed by atoms with Gasteiger partial charge in [0, 0.05) is 37.7 Å². The highest BCUT2D eigenvalue weighted by atomic mass is 32.2. The molecule has 0 atom stereocenters. The SMILES string of the molecule is CC1(C)c2ccccc2Oc2c(N(c3ccc(-c4cccc5c4Sc4ccccc4O5)cc3)c3cccc4c3sc3ccccc34)cccc21. The number of hydrogen-bond acceptors (Lipinski definition) is 5. The Hall–Kier alpha value is -5.49. The van der Waals surface area contributed by atoms with Crippen molar-refractivity contribution in [2.75, 3.05) is 4.90 Å². The first kappa shape index (κ1) is 29.4. The van der Waals surface area contributed by atoms with Gasteiger partial charge in [0.1, 0.15) is 17.2 Å². The zero-order valence-corrected chi connectivity index (χ0v) is 29.1. The van der Waals surface area contributed by atoms with Gasteiger partial charge in [0.05, 0.1) is 25.9 Å². The van der Waals surface area contributed by atoms with Crippen LogP contribution in [0.5, 0.6) is 23.0 Å². The second kappa shape index (κ2) is 11.3. The Kier molecular flexibility index (Phi) is 6.64. The van der Waals surface area contributed by atoms with Gasteiger partial charge in [-0.2, -0.15) is 0 Å². The van der Waals surface area contributed by atoms with E-state index in [0.29, 0.717) is 0 Å². The van der Waals surface area contributed by atoms with Crippen molar-refractivity contribution >= 4 is 60.3 Å². The van der Waals surface area contributed by atoms with E-state index in [-0.39, 0.29) is 5.41 Å². The van der Waals surface area contributed by atoms with Gasteiger partial charge in [0.2, 0.25) is 0 Å². The second-order valence-electron chi connectivity index (χ2n) is 13.3. The molecule has 240 valence electrons. The van der Waals surface area contributed by atoms with E-state index in [2.05, 4.69) is 158 Å². The molecule has 0 saturated heterocycles. The molecule has 0 spiro atoms. The minimum atomic E-state index is -0.232. The van der Waals surface area contributed by atoms with Crippen LogP contribution in [0.3, 0.4) is 0 Å². The molecule has 3 nitrogen and oxygen atoms in total. The highest BCUT2D eigenvalue weighted by molar-refractivity contribution is 7.99. The molecule has 2 aliphatic heterocycles. The Morgan fingerprint density at radius 3 is 2.12 bits per heavy atom. The summed E-state index contributed by atoms with van der Waals surface area (Å²) in [4.78, 5) is 4.65. The number of thiophene rings is 1. The van der Waals surface area contributed by atoms with E-state index in [1.165, 1.54) is 31.3 Å². The number of nitrogens with zero attached hydrogens (tertiary/aromatic N) is 1. The van der Waals surface area contributed by atoms with E-state index in [1.807, 2.05) is 23.5 Å². The molecular formula is C45H31NO2S2. The van der Waals surface area contributed by atoms with Crippen LogP contribution in [-0.2, 0) is 5.41 Å². The van der Waals surface area contributed by atoms with Crippen molar-refractivity contribution in [3.05, 3.63) is 163 Å². The van der Waals surface area contributed by atoms with E-state index in [4.69, 9.17) is 9.47 Å². The van der Waals surface area contributed by atoms with Crippen LogP contribution in [0.2, 0.25) is 0 Å². The van der Waals surface area contributed by atoms with Gasteiger partial charge >= 0.3 is 0 Å². The van der Waals surface area contributed by atoms with Crippen molar-refractivity contribution in [1.29, 1.82) is 0 Å². The summed E-state index contributed by atoms with van der Waals surface area (Å²) in [5.74, 6) is 3.60. The van der Waals surface area contributed by atoms with Crippen molar-refractivity contribution in [1.82, 2.24) is 0 Å². The fourth-order valence-electron chi connectivity index (χ4n) is 7.51. The summed E-state index contributed by atoms with van der Waals surface area (Å²) in [5, 5.41) is 2.54. The molecule has 3 heterocycles. The zero-order chi connectivity index (χ0) is 33.4. The maximum atomic E-state index is 6.87. The average Bonchev–Trinajstić information content (AvgIpc) is 3.54. The lowest BCUT2D eigenvalue weighted by Crippen LogP contribution is -2.25. The highest BCUT2D eigenvalue weighted by Crippen LogP contribution is 2.55. The Labute approximate surface area is 299 Å². The van der Waals surface area contributed by atoms with Gasteiger partial charge in [0.15, 0.2) is 5.75 Å². The summed E-state index contributed by atoms with van der Waals surface area (Å²) in [7, 11) is 0. The van der Waals surface area contributed by atoms with Crippen LogP contribution in [-0.4, -0.2) is 0 Å². The summed E-state index contributed by atoms with van der Waals surface area (Å²) in [6.45, 7) is 4.59. The molecular weight excluding hydrogens is 651 g/mol. The Balaban J connectivity index is 1.15.